The van der Waals surface area contributed by atoms with E-state index in [9.17, 15) is 9.59 Å². The summed E-state index contributed by atoms with van der Waals surface area (Å²) in [4.78, 5) is 23.1. The number of carbonyl (C=O) groups excluding carboxylic acids is 1. The molecule has 1 atom stereocenters. The molecule has 1 aromatic rings. The summed E-state index contributed by atoms with van der Waals surface area (Å²) in [5.74, 6) is -1.03. The zero-order valence-electron chi connectivity index (χ0n) is 9.20. The number of hydrogen-bond donors (Lipinski definition) is 3. The Morgan fingerprint density at radius 1 is 1.59 bits per heavy atom. The summed E-state index contributed by atoms with van der Waals surface area (Å²) in [6.45, 7) is 2.08. The van der Waals surface area contributed by atoms with Crippen molar-refractivity contribution in [2.24, 2.45) is 0 Å². The highest BCUT2D eigenvalue weighted by atomic mass is 79.9. The molecule has 7 heteroatoms. The van der Waals surface area contributed by atoms with Gasteiger partial charge in [0.1, 0.15) is 6.04 Å². The van der Waals surface area contributed by atoms with Crippen molar-refractivity contribution in [3.63, 3.8) is 0 Å². The molecule has 1 heterocycles. The van der Waals surface area contributed by atoms with Gasteiger partial charge in [0.05, 0.1) is 6.54 Å². The molecule has 2 amide bonds. The number of carbonyl (C=O) groups is 2. The van der Waals surface area contributed by atoms with Crippen molar-refractivity contribution in [2.75, 3.05) is 0 Å². The number of hydrogen-bond acceptors (Lipinski definition) is 3. The predicted octanol–water partition coefficient (Wildman–Crippen LogP) is 2.17. The maximum atomic E-state index is 11.4. The summed E-state index contributed by atoms with van der Waals surface area (Å²) in [6, 6.07) is 0.576. The number of nitrogens with one attached hydrogen (secondary N) is 2. The predicted molar refractivity (Wildman–Crippen MR) is 69.1 cm³/mol. The van der Waals surface area contributed by atoms with Crippen LogP contribution in [0.25, 0.3) is 0 Å². The Morgan fingerprint density at radius 2 is 2.29 bits per heavy atom. The highest BCUT2D eigenvalue weighted by Gasteiger charge is 2.17. The fraction of sp³-hybridized carbons (Fsp3) is 0.400. The minimum Gasteiger partial charge on any atom is -0.480 e. The van der Waals surface area contributed by atoms with Crippen LogP contribution in [-0.2, 0) is 11.3 Å². The van der Waals surface area contributed by atoms with Crippen LogP contribution in [0.5, 0.6) is 0 Å². The smallest absolute Gasteiger partial charge is 0.326 e. The summed E-state index contributed by atoms with van der Waals surface area (Å²) in [6.07, 6.45) is 0.353. The van der Waals surface area contributed by atoms with Crippen LogP contribution in [0.15, 0.2) is 15.9 Å². The summed E-state index contributed by atoms with van der Waals surface area (Å²) < 4.78 is 0.938. The molecule has 0 saturated heterocycles. The number of amides is 2. The molecule has 1 aromatic heterocycles. The lowest BCUT2D eigenvalue weighted by Gasteiger charge is -2.12. The van der Waals surface area contributed by atoms with Crippen LogP contribution in [-0.4, -0.2) is 23.1 Å². The van der Waals surface area contributed by atoms with Gasteiger partial charge >= 0.3 is 12.0 Å². The number of thiophene rings is 1. The van der Waals surface area contributed by atoms with Crippen molar-refractivity contribution < 1.29 is 14.7 Å². The average Bonchev–Trinajstić information content (AvgIpc) is 2.68. The number of halogens is 1. The molecular weight excluding hydrogens is 308 g/mol. The van der Waals surface area contributed by atoms with E-state index in [1.165, 1.54) is 11.3 Å². The minimum absolute atomic E-state index is 0.353. The Bertz CT molecular complexity index is 408. The molecule has 17 heavy (non-hydrogen) atoms. The molecule has 0 radical (unpaired) electrons. The molecule has 1 rings (SSSR count). The van der Waals surface area contributed by atoms with E-state index >= 15 is 0 Å². The van der Waals surface area contributed by atoms with Crippen LogP contribution in [0, 0.1) is 0 Å². The van der Waals surface area contributed by atoms with Crippen molar-refractivity contribution in [3.8, 4) is 0 Å². The second-order valence-electron chi connectivity index (χ2n) is 3.32. The zero-order valence-corrected chi connectivity index (χ0v) is 11.6. The summed E-state index contributed by atoms with van der Waals surface area (Å²) in [5, 5.41) is 15.7. The monoisotopic (exact) mass is 320 g/mol. The van der Waals surface area contributed by atoms with Gasteiger partial charge < -0.3 is 15.7 Å². The molecular formula is C10H13BrN2O3S. The van der Waals surface area contributed by atoms with Crippen LogP contribution in [0.2, 0.25) is 0 Å². The molecule has 0 aliphatic carbocycles. The molecule has 0 bridgehead atoms. The highest BCUT2D eigenvalue weighted by Crippen LogP contribution is 2.21. The van der Waals surface area contributed by atoms with E-state index in [0.29, 0.717) is 13.0 Å². The molecule has 0 saturated carbocycles. The lowest BCUT2D eigenvalue weighted by atomic mass is 10.2. The Hall–Kier alpha value is -1.08. The van der Waals surface area contributed by atoms with Gasteiger partial charge in [-0.05, 0) is 33.8 Å². The SMILES string of the molecule is CCC(NC(=O)NCc1sccc1Br)C(=O)O. The Labute approximate surface area is 111 Å². The Morgan fingerprint density at radius 3 is 2.76 bits per heavy atom. The van der Waals surface area contributed by atoms with E-state index in [1.54, 1.807) is 6.92 Å². The quantitative estimate of drug-likeness (QED) is 0.778. The van der Waals surface area contributed by atoms with E-state index in [1.807, 2.05) is 11.4 Å². The molecule has 94 valence electrons. The first-order chi connectivity index (χ1) is 8.04. The summed E-state index contributed by atoms with van der Waals surface area (Å²) in [7, 11) is 0. The fourth-order valence-electron chi connectivity index (χ4n) is 1.16. The molecule has 0 aliphatic rings. The molecule has 5 nitrogen and oxygen atoms in total. The first-order valence-corrected chi connectivity index (χ1v) is 6.71. The van der Waals surface area contributed by atoms with Crippen molar-refractivity contribution in [3.05, 3.63) is 20.8 Å². The molecule has 0 aromatic carbocycles. The standard InChI is InChI=1S/C10H13BrN2O3S/c1-2-7(9(14)15)13-10(16)12-5-8-6(11)3-4-17-8/h3-4,7H,2,5H2,1H3,(H,14,15)(H2,12,13,16). The Kier molecular flexibility index (Phi) is 5.43. The molecule has 1 unspecified atom stereocenters. The van der Waals surface area contributed by atoms with Gasteiger partial charge in [0.2, 0.25) is 0 Å². The number of carboxylic acid groups (broad SMARTS) is 1. The van der Waals surface area contributed by atoms with Gasteiger partial charge in [-0.15, -0.1) is 11.3 Å². The number of carboxylic acids is 1. The van der Waals surface area contributed by atoms with Crippen LogP contribution in [0.4, 0.5) is 4.79 Å². The van der Waals surface area contributed by atoms with E-state index in [4.69, 9.17) is 5.11 Å². The first kappa shape index (κ1) is 14.0. The summed E-state index contributed by atoms with van der Waals surface area (Å²) in [5.41, 5.74) is 0. The largest absolute Gasteiger partial charge is 0.480 e. The fourth-order valence-corrected chi connectivity index (χ4v) is 2.59. The van der Waals surface area contributed by atoms with Crippen molar-refractivity contribution in [2.45, 2.75) is 25.9 Å². The van der Waals surface area contributed by atoms with Crippen molar-refractivity contribution >= 4 is 39.3 Å². The van der Waals surface area contributed by atoms with Crippen molar-refractivity contribution in [1.82, 2.24) is 10.6 Å². The molecule has 3 N–H and O–H groups in total. The highest BCUT2D eigenvalue weighted by molar-refractivity contribution is 9.10. The van der Waals surface area contributed by atoms with Gasteiger partial charge in [-0.25, -0.2) is 9.59 Å². The molecule has 0 aliphatic heterocycles. The van der Waals surface area contributed by atoms with Gasteiger partial charge in [-0.2, -0.15) is 0 Å². The second kappa shape index (κ2) is 6.61. The third-order valence-corrected chi connectivity index (χ3v) is 4.04. The van der Waals surface area contributed by atoms with E-state index in [2.05, 4.69) is 26.6 Å². The van der Waals surface area contributed by atoms with Gasteiger partial charge in [0, 0.05) is 9.35 Å². The third-order valence-electron chi connectivity index (χ3n) is 2.11. The van der Waals surface area contributed by atoms with Crippen LogP contribution in [0.1, 0.15) is 18.2 Å². The lowest BCUT2D eigenvalue weighted by molar-refractivity contribution is -0.139. The van der Waals surface area contributed by atoms with Gasteiger partial charge in [-0.1, -0.05) is 6.92 Å². The maximum absolute atomic E-state index is 11.4. The normalized spacial score (nSPS) is 11.9. The van der Waals surface area contributed by atoms with Gasteiger partial charge in [0.25, 0.3) is 0 Å². The minimum atomic E-state index is -1.03. The topological polar surface area (TPSA) is 78.4 Å². The average molecular weight is 321 g/mol. The maximum Gasteiger partial charge on any atom is 0.326 e. The zero-order chi connectivity index (χ0) is 12.8. The third kappa shape index (κ3) is 4.35. The van der Waals surface area contributed by atoms with E-state index < -0.39 is 18.0 Å². The lowest BCUT2D eigenvalue weighted by Crippen LogP contribution is -2.45. The molecule has 0 spiro atoms. The number of rotatable bonds is 5. The van der Waals surface area contributed by atoms with Crippen LogP contribution in [0.3, 0.4) is 0 Å². The van der Waals surface area contributed by atoms with E-state index in [-0.39, 0.29) is 0 Å². The number of urea groups is 1. The van der Waals surface area contributed by atoms with Crippen molar-refractivity contribution in [1.29, 1.82) is 0 Å². The van der Waals surface area contributed by atoms with Crippen LogP contribution >= 0.6 is 27.3 Å². The van der Waals surface area contributed by atoms with Gasteiger partial charge in [0.15, 0.2) is 0 Å². The number of aliphatic carboxylic acids is 1. The first-order valence-electron chi connectivity index (χ1n) is 5.03. The van der Waals surface area contributed by atoms with Crippen LogP contribution < -0.4 is 10.6 Å². The summed E-state index contributed by atoms with van der Waals surface area (Å²) >= 11 is 4.87. The van der Waals surface area contributed by atoms with E-state index in [0.717, 1.165) is 9.35 Å². The second-order valence-corrected chi connectivity index (χ2v) is 5.17. The van der Waals surface area contributed by atoms with Gasteiger partial charge in [-0.3, -0.25) is 0 Å². The molecule has 0 fully saturated rings. The Balaban J connectivity index is 2.40.